The first-order chi connectivity index (χ1) is 6.85. The van der Waals surface area contributed by atoms with E-state index in [1.54, 1.807) is 11.3 Å². The summed E-state index contributed by atoms with van der Waals surface area (Å²) in [6, 6.07) is 2.38. The standard InChI is InChI=1S/C10H13N3S/c1-3-7(11-2)10-13-8-6-12-5-4-9(8)14-10/h4-7,11H,3H2,1-2H3. The molecule has 0 amide bonds. The van der Waals surface area contributed by atoms with Gasteiger partial charge in [0.15, 0.2) is 0 Å². The largest absolute Gasteiger partial charge is 0.311 e. The van der Waals surface area contributed by atoms with Gasteiger partial charge in [-0.1, -0.05) is 6.92 Å². The lowest BCUT2D eigenvalue weighted by Crippen LogP contribution is -2.14. The van der Waals surface area contributed by atoms with Crippen LogP contribution in [0, 0.1) is 0 Å². The van der Waals surface area contributed by atoms with E-state index in [1.807, 2.05) is 25.5 Å². The van der Waals surface area contributed by atoms with Crippen LogP contribution in [0.15, 0.2) is 18.5 Å². The van der Waals surface area contributed by atoms with Crippen molar-refractivity contribution in [3.63, 3.8) is 0 Å². The molecule has 1 unspecified atom stereocenters. The Labute approximate surface area is 87.2 Å². The minimum absolute atomic E-state index is 0.368. The second kappa shape index (κ2) is 4.02. The lowest BCUT2D eigenvalue weighted by Gasteiger charge is -2.08. The van der Waals surface area contributed by atoms with Gasteiger partial charge in [0.25, 0.3) is 0 Å². The van der Waals surface area contributed by atoms with Crippen LogP contribution in [0.3, 0.4) is 0 Å². The summed E-state index contributed by atoms with van der Waals surface area (Å²) in [5, 5.41) is 4.41. The van der Waals surface area contributed by atoms with Crippen molar-refractivity contribution >= 4 is 21.6 Å². The number of aromatic nitrogens is 2. The van der Waals surface area contributed by atoms with Gasteiger partial charge in [-0.05, 0) is 19.5 Å². The minimum Gasteiger partial charge on any atom is -0.311 e. The summed E-state index contributed by atoms with van der Waals surface area (Å²) in [6.45, 7) is 2.16. The monoisotopic (exact) mass is 207 g/mol. The molecule has 0 aliphatic rings. The first-order valence-electron chi connectivity index (χ1n) is 4.73. The zero-order valence-electron chi connectivity index (χ0n) is 8.32. The predicted molar refractivity (Wildman–Crippen MR) is 59.5 cm³/mol. The Kier molecular flexibility index (Phi) is 2.74. The van der Waals surface area contributed by atoms with Crippen molar-refractivity contribution in [2.45, 2.75) is 19.4 Å². The van der Waals surface area contributed by atoms with Crippen LogP contribution in [0.2, 0.25) is 0 Å². The summed E-state index contributed by atoms with van der Waals surface area (Å²) >= 11 is 1.74. The fourth-order valence-corrected chi connectivity index (χ4v) is 2.58. The minimum atomic E-state index is 0.368. The SMILES string of the molecule is CCC(NC)c1nc2cnccc2s1. The van der Waals surface area contributed by atoms with Gasteiger partial charge in [0.05, 0.1) is 22.5 Å². The third kappa shape index (κ3) is 1.63. The molecular formula is C10H13N3S. The lowest BCUT2D eigenvalue weighted by molar-refractivity contribution is 0.574. The van der Waals surface area contributed by atoms with Gasteiger partial charge in [-0.25, -0.2) is 4.98 Å². The summed E-state index contributed by atoms with van der Waals surface area (Å²) in [5.74, 6) is 0. The molecule has 0 radical (unpaired) electrons. The summed E-state index contributed by atoms with van der Waals surface area (Å²) in [4.78, 5) is 8.61. The molecule has 0 aliphatic heterocycles. The van der Waals surface area contributed by atoms with Crippen molar-refractivity contribution in [1.29, 1.82) is 0 Å². The second-order valence-electron chi connectivity index (χ2n) is 3.15. The van der Waals surface area contributed by atoms with Gasteiger partial charge in [0, 0.05) is 6.20 Å². The maximum atomic E-state index is 4.55. The number of fused-ring (bicyclic) bond motifs is 1. The summed E-state index contributed by atoms with van der Waals surface area (Å²) in [7, 11) is 1.97. The zero-order valence-corrected chi connectivity index (χ0v) is 9.14. The third-order valence-corrected chi connectivity index (χ3v) is 3.41. The average molecular weight is 207 g/mol. The Morgan fingerprint density at radius 1 is 1.57 bits per heavy atom. The van der Waals surface area contributed by atoms with E-state index in [4.69, 9.17) is 0 Å². The van der Waals surface area contributed by atoms with E-state index in [0.29, 0.717) is 6.04 Å². The van der Waals surface area contributed by atoms with Crippen LogP contribution < -0.4 is 5.32 Å². The molecule has 0 aromatic carbocycles. The summed E-state index contributed by atoms with van der Waals surface area (Å²) in [5.41, 5.74) is 1.00. The quantitative estimate of drug-likeness (QED) is 0.839. The topological polar surface area (TPSA) is 37.8 Å². The molecule has 1 atom stereocenters. The van der Waals surface area contributed by atoms with Crippen LogP contribution in [0.25, 0.3) is 10.2 Å². The van der Waals surface area contributed by atoms with Crippen molar-refractivity contribution in [3.05, 3.63) is 23.5 Å². The van der Waals surface area contributed by atoms with E-state index >= 15 is 0 Å². The van der Waals surface area contributed by atoms with Crippen LogP contribution in [0.1, 0.15) is 24.4 Å². The average Bonchev–Trinajstić information content (AvgIpc) is 2.63. The Balaban J connectivity index is 2.43. The van der Waals surface area contributed by atoms with Gasteiger partial charge in [0.2, 0.25) is 0 Å². The number of hydrogen-bond acceptors (Lipinski definition) is 4. The van der Waals surface area contributed by atoms with Crippen LogP contribution in [0.5, 0.6) is 0 Å². The molecule has 14 heavy (non-hydrogen) atoms. The normalized spacial score (nSPS) is 13.3. The molecule has 0 spiro atoms. The Morgan fingerprint density at radius 3 is 3.07 bits per heavy atom. The highest BCUT2D eigenvalue weighted by atomic mass is 32.1. The highest BCUT2D eigenvalue weighted by molar-refractivity contribution is 7.18. The molecule has 0 saturated carbocycles. The van der Waals surface area contributed by atoms with E-state index < -0.39 is 0 Å². The van der Waals surface area contributed by atoms with Crippen molar-refractivity contribution in [2.75, 3.05) is 7.05 Å². The van der Waals surface area contributed by atoms with E-state index in [-0.39, 0.29) is 0 Å². The van der Waals surface area contributed by atoms with Crippen LogP contribution in [-0.4, -0.2) is 17.0 Å². The van der Waals surface area contributed by atoms with Crippen molar-refractivity contribution in [1.82, 2.24) is 15.3 Å². The molecule has 2 heterocycles. The number of pyridine rings is 1. The van der Waals surface area contributed by atoms with Crippen LogP contribution >= 0.6 is 11.3 Å². The zero-order chi connectivity index (χ0) is 9.97. The van der Waals surface area contributed by atoms with E-state index in [0.717, 1.165) is 16.9 Å². The van der Waals surface area contributed by atoms with Crippen molar-refractivity contribution in [3.8, 4) is 0 Å². The second-order valence-corrected chi connectivity index (χ2v) is 4.21. The summed E-state index contributed by atoms with van der Waals surface area (Å²) < 4.78 is 1.21. The third-order valence-electron chi connectivity index (χ3n) is 2.26. The Hall–Kier alpha value is -1.00. The molecule has 74 valence electrons. The molecule has 2 aromatic heterocycles. The molecule has 2 rings (SSSR count). The highest BCUT2D eigenvalue weighted by Crippen LogP contribution is 2.26. The Morgan fingerprint density at radius 2 is 2.43 bits per heavy atom. The smallest absolute Gasteiger partial charge is 0.111 e. The van der Waals surface area contributed by atoms with E-state index in [2.05, 4.69) is 22.2 Å². The van der Waals surface area contributed by atoms with Crippen molar-refractivity contribution in [2.24, 2.45) is 0 Å². The van der Waals surface area contributed by atoms with Crippen molar-refractivity contribution < 1.29 is 0 Å². The van der Waals surface area contributed by atoms with Gasteiger partial charge >= 0.3 is 0 Å². The predicted octanol–water partition coefficient (Wildman–Crippen LogP) is 2.36. The van der Waals surface area contributed by atoms with Gasteiger partial charge in [-0.15, -0.1) is 11.3 Å². The molecule has 1 N–H and O–H groups in total. The molecule has 3 nitrogen and oxygen atoms in total. The summed E-state index contributed by atoms with van der Waals surface area (Å²) in [6.07, 6.45) is 4.69. The molecule has 0 fully saturated rings. The van der Waals surface area contributed by atoms with E-state index in [1.165, 1.54) is 4.70 Å². The van der Waals surface area contributed by atoms with Gasteiger partial charge in [-0.2, -0.15) is 0 Å². The number of nitrogens with zero attached hydrogens (tertiary/aromatic N) is 2. The maximum absolute atomic E-state index is 4.55. The molecular weight excluding hydrogens is 194 g/mol. The maximum Gasteiger partial charge on any atom is 0.111 e. The van der Waals surface area contributed by atoms with E-state index in [9.17, 15) is 0 Å². The molecule has 0 aliphatic carbocycles. The van der Waals surface area contributed by atoms with Gasteiger partial charge < -0.3 is 5.32 Å². The molecule has 0 saturated heterocycles. The Bertz CT molecular complexity index is 387. The fourth-order valence-electron chi connectivity index (χ4n) is 1.45. The number of thiazole rings is 1. The van der Waals surface area contributed by atoms with Gasteiger partial charge in [-0.3, -0.25) is 4.98 Å². The number of rotatable bonds is 3. The van der Waals surface area contributed by atoms with Gasteiger partial charge in [0.1, 0.15) is 5.01 Å². The lowest BCUT2D eigenvalue weighted by atomic mass is 10.2. The molecule has 0 bridgehead atoms. The van der Waals surface area contributed by atoms with Crippen LogP contribution in [0.4, 0.5) is 0 Å². The number of nitrogens with one attached hydrogen (secondary N) is 1. The fraction of sp³-hybridized carbons (Fsp3) is 0.400. The first kappa shape index (κ1) is 9.55. The number of hydrogen-bond donors (Lipinski definition) is 1. The first-order valence-corrected chi connectivity index (χ1v) is 5.54. The molecule has 2 aromatic rings. The van der Waals surface area contributed by atoms with Crippen LogP contribution in [-0.2, 0) is 0 Å². The molecule has 4 heteroatoms. The highest BCUT2D eigenvalue weighted by Gasteiger charge is 2.11.